The van der Waals surface area contributed by atoms with Gasteiger partial charge in [0.2, 0.25) is 0 Å². The molecular formula is C15H20BNO3. The highest BCUT2D eigenvalue weighted by Gasteiger charge is 2.28. The van der Waals surface area contributed by atoms with E-state index in [4.69, 9.17) is 22.1 Å². The second-order valence-electron chi connectivity index (χ2n) is 5.55. The number of ether oxygens (including phenoxy) is 3. The number of nitrogens with zero attached hydrogens (tertiary/aromatic N) is 1. The quantitative estimate of drug-likeness (QED) is 0.756. The lowest BCUT2D eigenvalue weighted by molar-refractivity contribution is -0.0443. The van der Waals surface area contributed by atoms with Gasteiger partial charge >= 0.3 is 0 Å². The fourth-order valence-electron chi connectivity index (χ4n) is 2.96. The van der Waals surface area contributed by atoms with Crippen LogP contribution in [0.2, 0.25) is 0 Å². The van der Waals surface area contributed by atoms with Gasteiger partial charge in [0.15, 0.2) is 6.29 Å². The lowest BCUT2D eigenvalue weighted by atomic mass is 9.93. The molecule has 106 valence electrons. The fourth-order valence-corrected chi connectivity index (χ4v) is 2.96. The highest BCUT2D eigenvalue weighted by Crippen LogP contribution is 2.32. The van der Waals surface area contributed by atoms with Gasteiger partial charge in [-0.15, -0.1) is 0 Å². The molecule has 0 bridgehead atoms. The Kier molecular flexibility index (Phi) is 4.01. The molecule has 20 heavy (non-hydrogen) atoms. The molecule has 3 rings (SSSR count). The van der Waals surface area contributed by atoms with Crippen molar-refractivity contribution in [1.82, 2.24) is 0 Å². The van der Waals surface area contributed by atoms with E-state index in [1.807, 2.05) is 12.1 Å². The molecule has 0 saturated carbocycles. The summed E-state index contributed by atoms with van der Waals surface area (Å²) in [6.45, 7) is 7.20. The first kappa shape index (κ1) is 13.9. The monoisotopic (exact) mass is 273 g/mol. The van der Waals surface area contributed by atoms with Crippen molar-refractivity contribution in [2.24, 2.45) is 0 Å². The third-order valence-electron chi connectivity index (χ3n) is 3.69. The Balaban J connectivity index is 1.91. The normalized spacial score (nSPS) is 28.0. The minimum Gasteiger partial charge on any atom is -0.372 e. The Morgan fingerprint density at radius 1 is 1.10 bits per heavy atom. The smallest absolute Gasteiger partial charge is 0.185 e. The Labute approximate surface area is 121 Å². The van der Waals surface area contributed by atoms with Crippen molar-refractivity contribution >= 4 is 19.0 Å². The van der Waals surface area contributed by atoms with Crippen LogP contribution in [0.15, 0.2) is 18.2 Å². The largest absolute Gasteiger partial charge is 0.372 e. The molecule has 0 unspecified atom stereocenters. The zero-order valence-corrected chi connectivity index (χ0v) is 12.0. The molecule has 2 fully saturated rings. The predicted molar refractivity (Wildman–Crippen MR) is 78.7 cm³/mol. The van der Waals surface area contributed by atoms with Gasteiger partial charge in [-0.2, -0.15) is 0 Å². The van der Waals surface area contributed by atoms with E-state index in [9.17, 15) is 0 Å². The van der Waals surface area contributed by atoms with Gasteiger partial charge in [0, 0.05) is 24.3 Å². The molecule has 2 aliphatic rings. The Morgan fingerprint density at radius 3 is 2.40 bits per heavy atom. The summed E-state index contributed by atoms with van der Waals surface area (Å²) in [5.74, 6) is 0. The van der Waals surface area contributed by atoms with Gasteiger partial charge in [0.1, 0.15) is 7.85 Å². The summed E-state index contributed by atoms with van der Waals surface area (Å²) < 4.78 is 17.1. The van der Waals surface area contributed by atoms with E-state index in [2.05, 4.69) is 24.8 Å². The molecule has 1 aromatic rings. The van der Waals surface area contributed by atoms with Crippen molar-refractivity contribution in [3.05, 3.63) is 23.8 Å². The predicted octanol–water partition coefficient (Wildman–Crippen LogP) is 1.14. The first-order valence-electron chi connectivity index (χ1n) is 7.16. The topological polar surface area (TPSA) is 30.9 Å². The van der Waals surface area contributed by atoms with E-state index in [-0.39, 0.29) is 18.5 Å². The zero-order valence-electron chi connectivity index (χ0n) is 12.0. The van der Waals surface area contributed by atoms with Crippen LogP contribution in [0, 0.1) is 0 Å². The number of hydrogen-bond acceptors (Lipinski definition) is 4. The summed E-state index contributed by atoms with van der Waals surface area (Å²) in [6, 6.07) is 5.94. The number of morpholine rings is 1. The minimum absolute atomic E-state index is 0.217. The van der Waals surface area contributed by atoms with Crippen LogP contribution in [0.25, 0.3) is 0 Å². The van der Waals surface area contributed by atoms with Gasteiger partial charge in [0.05, 0.1) is 25.4 Å². The van der Waals surface area contributed by atoms with Gasteiger partial charge in [-0.1, -0.05) is 17.6 Å². The SMILES string of the molecule is [B]c1ccc(N2C[C@@H](C)O[C@@H](C)C2)c(C2OCCO2)c1. The Hall–Kier alpha value is -1.04. The molecule has 0 spiro atoms. The van der Waals surface area contributed by atoms with Crippen LogP contribution in [-0.2, 0) is 14.2 Å². The molecule has 2 aliphatic heterocycles. The van der Waals surface area contributed by atoms with E-state index in [0.29, 0.717) is 13.2 Å². The van der Waals surface area contributed by atoms with Crippen LogP contribution >= 0.6 is 0 Å². The zero-order chi connectivity index (χ0) is 14.1. The molecule has 2 saturated heterocycles. The van der Waals surface area contributed by atoms with Crippen LogP contribution in [0.3, 0.4) is 0 Å². The van der Waals surface area contributed by atoms with E-state index in [0.717, 1.165) is 29.8 Å². The fraction of sp³-hybridized carbons (Fsp3) is 0.600. The lowest BCUT2D eigenvalue weighted by Gasteiger charge is -2.38. The molecule has 1 aromatic carbocycles. The van der Waals surface area contributed by atoms with Gasteiger partial charge < -0.3 is 19.1 Å². The van der Waals surface area contributed by atoms with Crippen molar-refractivity contribution in [2.45, 2.75) is 32.3 Å². The van der Waals surface area contributed by atoms with E-state index in [1.54, 1.807) is 0 Å². The highest BCUT2D eigenvalue weighted by molar-refractivity contribution is 6.32. The van der Waals surface area contributed by atoms with Crippen molar-refractivity contribution in [2.75, 3.05) is 31.2 Å². The maximum atomic E-state index is 5.92. The average Bonchev–Trinajstić information content (AvgIpc) is 2.91. The van der Waals surface area contributed by atoms with Crippen molar-refractivity contribution in [3.63, 3.8) is 0 Å². The Bertz CT molecular complexity index is 466. The van der Waals surface area contributed by atoms with Gasteiger partial charge in [-0.3, -0.25) is 0 Å². The number of anilines is 1. The van der Waals surface area contributed by atoms with Crippen molar-refractivity contribution in [3.8, 4) is 0 Å². The standard InChI is InChI=1S/C15H20BNO3/c1-10-8-17(9-11(2)20-10)14-4-3-12(16)7-13(14)15-18-5-6-19-15/h3-4,7,10-11,15H,5-6,8-9H2,1-2H3/t10-,11+. The molecule has 4 nitrogen and oxygen atoms in total. The average molecular weight is 273 g/mol. The highest BCUT2D eigenvalue weighted by atomic mass is 16.7. The molecule has 0 amide bonds. The van der Waals surface area contributed by atoms with E-state index in [1.165, 1.54) is 0 Å². The summed E-state index contributed by atoms with van der Waals surface area (Å²) in [4.78, 5) is 2.33. The van der Waals surface area contributed by atoms with Crippen molar-refractivity contribution in [1.29, 1.82) is 0 Å². The third-order valence-corrected chi connectivity index (χ3v) is 3.69. The van der Waals surface area contributed by atoms with Gasteiger partial charge in [-0.25, -0.2) is 0 Å². The molecule has 2 atom stereocenters. The number of hydrogen-bond donors (Lipinski definition) is 0. The van der Waals surface area contributed by atoms with Crippen molar-refractivity contribution < 1.29 is 14.2 Å². The van der Waals surface area contributed by atoms with Gasteiger partial charge in [0.25, 0.3) is 0 Å². The van der Waals surface area contributed by atoms with E-state index < -0.39 is 0 Å². The minimum atomic E-state index is -0.304. The molecule has 0 aromatic heterocycles. The molecule has 2 radical (unpaired) electrons. The summed E-state index contributed by atoms with van der Waals surface area (Å²) in [5, 5.41) is 0. The molecular weight excluding hydrogens is 253 g/mol. The van der Waals surface area contributed by atoms with Crippen LogP contribution in [-0.4, -0.2) is 46.4 Å². The number of benzene rings is 1. The first-order valence-corrected chi connectivity index (χ1v) is 7.16. The van der Waals surface area contributed by atoms with Crippen LogP contribution < -0.4 is 10.4 Å². The molecule has 0 N–H and O–H groups in total. The molecule has 2 heterocycles. The van der Waals surface area contributed by atoms with Crippen LogP contribution in [0.1, 0.15) is 25.7 Å². The third kappa shape index (κ3) is 2.85. The summed E-state index contributed by atoms with van der Waals surface area (Å²) in [7, 11) is 5.92. The maximum Gasteiger partial charge on any atom is 0.185 e. The Morgan fingerprint density at radius 2 is 1.75 bits per heavy atom. The van der Waals surface area contributed by atoms with E-state index >= 15 is 0 Å². The summed E-state index contributed by atoms with van der Waals surface area (Å²) in [5.41, 5.74) is 2.88. The number of rotatable bonds is 2. The summed E-state index contributed by atoms with van der Waals surface area (Å²) in [6.07, 6.45) is 0.131. The summed E-state index contributed by atoms with van der Waals surface area (Å²) >= 11 is 0. The maximum absolute atomic E-state index is 5.92. The van der Waals surface area contributed by atoms with Crippen LogP contribution in [0.5, 0.6) is 0 Å². The van der Waals surface area contributed by atoms with Gasteiger partial charge in [-0.05, 0) is 19.9 Å². The lowest BCUT2D eigenvalue weighted by Crippen LogP contribution is -2.46. The van der Waals surface area contributed by atoms with Crippen LogP contribution in [0.4, 0.5) is 5.69 Å². The second kappa shape index (κ2) is 5.76. The second-order valence-corrected chi connectivity index (χ2v) is 5.55. The molecule has 5 heteroatoms. The first-order chi connectivity index (χ1) is 9.63. The molecule has 0 aliphatic carbocycles.